The smallest absolute Gasteiger partial charge is 0.240 e. The second-order valence-electron chi connectivity index (χ2n) is 2.50. The van der Waals surface area contributed by atoms with E-state index in [1.165, 1.54) is 4.68 Å². The third-order valence-electron chi connectivity index (χ3n) is 1.43. The van der Waals surface area contributed by atoms with E-state index in [4.69, 9.17) is 11.5 Å². The standard InChI is InChI=1S/C5H10N6O/c1-3(2-4(6)12)11-5(7)8-9-10-11/h3H,2H2,1H3,(H2,6,12)(H2,7,8,10). The van der Waals surface area contributed by atoms with E-state index in [1.54, 1.807) is 6.92 Å². The van der Waals surface area contributed by atoms with Crippen LogP contribution in [0.1, 0.15) is 19.4 Å². The van der Waals surface area contributed by atoms with Crippen LogP contribution in [0, 0.1) is 0 Å². The van der Waals surface area contributed by atoms with Crippen LogP contribution in [0.15, 0.2) is 0 Å². The van der Waals surface area contributed by atoms with Crippen molar-refractivity contribution >= 4 is 11.9 Å². The molecule has 0 saturated carbocycles. The predicted molar refractivity (Wildman–Crippen MR) is 40.8 cm³/mol. The van der Waals surface area contributed by atoms with Gasteiger partial charge in [0, 0.05) is 6.42 Å². The summed E-state index contributed by atoms with van der Waals surface area (Å²) in [5.41, 5.74) is 10.4. The molecule has 0 aromatic carbocycles. The number of rotatable bonds is 3. The number of anilines is 1. The summed E-state index contributed by atoms with van der Waals surface area (Å²) in [7, 11) is 0. The first-order chi connectivity index (χ1) is 5.61. The Morgan fingerprint density at radius 1 is 1.75 bits per heavy atom. The third kappa shape index (κ3) is 1.68. The summed E-state index contributed by atoms with van der Waals surface area (Å²) >= 11 is 0. The molecule has 1 aromatic heterocycles. The van der Waals surface area contributed by atoms with Crippen LogP contribution in [-0.2, 0) is 4.79 Å². The van der Waals surface area contributed by atoms with Gasteiger partial charge in [0.05, 0.1) is 6.04 Å². The minimum Gasteiger partial charge on any atom is -0.370 e. The van der Waals surface area contributed by atoms with Gasteiger partial charge in [0.15, 0.2) is 0 Å². The second kappa shape index (κ2) is 3.16. The Hall–Kier alpha value is -1.66. The van der Waals surface area contributed by atoms with Crippen molar-refractivity contribution in [2.24, 2.45) is 5.73 Å². The van der Waals surface area contributed by atoms with E-state index in [-0.39, 0.29) is 18.4 Å². The van der Waals surface area contributed by atoms with Crippen LogP contribution in [0.5, 0.6) is 0 Å². The molecule has 1 atom stereocenters. The molecule has 1 rings (SSSR count). The minimum absolute atomic E-state index is 0.176. The van der Waals surface area contributed by atoms with Crippen LogP contribution in [0.2, 0.25) is 0 Å². The summed E-state index contributed by atoms with van der Waals surface area (Å²) in [4.78, 5) is 10.5. The maximum Gasteiger partial charge on any atom is 0.240 e. The summed E-state index contributed by atoms with van der Waals surface area (Å²) in [6.07, 6.45) is 0.176. The van der Waals surface area contributed by atoms with Crippen molar-refractivity contribution in [3.05, 3.63) is 0 Å². The molecule has 0 saturated heterocycles. The van der Waals surface area contributed by atoms with E-state index in [1.807, 2.05) is 0 Å². The van der Waals surface area contributed by atoms with E-state index in [0.717, 1.165) is 0 Å². The maximum atomic E-state index is 10.5. The first-order valence-electron chi connectivity index (χ1n) is 3.43. The van der Waals surface area contributed by atoms with Crippen LogP contribution in [-0.4, -0.2) is 26.1 Å². The quantitative estimate of drug-likeness (QED) is 0.584. The van der Waals surface area contributed by atoms with Crippen molar-refractivity contribution in [3.8, 4) is 0 Å². The Balaban J connectivity index is 2.71. The fourth-order valence-electron chi connectivity index (χ4n) is 0.892. The molecular weight excluding hydrogens is 160 g/mol. The zero-order valence-electron chi connectivity index (χ0n) is 6.64. The highest BCUT2D eigenvalue weighted by Crippen LogP contribution is 2.09. The first kappa shape index (κ1) is 8.44. The van der Waals surface area contributed by atoms with Gasteiger partial charge in [-0.2, -0.15) is 0 Å². The average molecular weight is 170 g/mol. The van der Waals surface area contributed by atoms with E-state index in [0.29, 0.717) is 0 Å². The van der Waals surface area contributed by atoms with Gasteiger partial charge in [-0.3, -0.25) is 4.79 Å². The Bertz CT molecular complexity index is 281. The normalized spacial score (nSPS) is 12.8. The number of hydrogen-bond acceptors (Lipinski definition) is 5. The number of amides is 1. The molecule has 4 N–H and O–H groups in total. The molecule has 0 bridgehead atoms. The first-order valence-corrected chi connectivity index (χ1v) is 3.43. The van der Waals surface area contributed by atoms with E-state index in [2.05, 4.69) is 15.5 Å². The zero-order valence-corrected chi connectivity index (χ0v) is 6.64. The molecule has 66 valence electrons. The molecule has 7 heteroatoms. The number of aromatic nitrogens is 4. The van der Waals surface area contributed by atoms with Gasteiger partial charge in [-0.1, -0.05) is 5.10 Å². The lowest BCUT2D eigenvalue weighted by molar-refractivity contribution is -0.118. The summed E-state index contributed by atoms with van der Waals surface area (Å²) in [6.45, 7) is 1.76. The fourth-order valence-corrected chi connectivity index (χ4v) is 0.892. The number of primary amides is 1. The molecule has 0 aliphatic heterocycles. The van der Waals surface area contributed by atoms with Crippen LogP contribution in [0.4, 0.5) is 5.95 Å². The summed E-state index contributed by atoms with van der Waals surface area (Å²) in [5, 5.41) is 10.4. The minimum atomic E-state index is -0.405. The molecule has 0 spiro atoms. The van der Waals surface area contributed by atoms with Crippen LogP contribution in [0.3, 0.4) is 0 Å². The van der Waals surface area contributed by atoms with Gasteiger partial charge in [-0.05, 0) is 17.4 Å². The van der Waals surface area contributed by atoms with Gasteiger partial charge in [0.1, 0.15) is 0 Å². The van der Waals surface area contributed by atoms with Gasteiger partial charge in [0.2, 0.25) is 11.9 Å². The molecule has 0 aliphatic rings. The lowest BCUT2D eigenvalue weighted by Gasteiger charge is -2.08. The Labute approximate surface area is 68.7 Å². The van der Waals surface area contributed by atoms with Gasteiger partial charge in [-0.15, -0.1) is 0 Å². The summed E-state index contributed by atoms with van der Waals surface area (Å²) in [6, 6.07) is -0.197. The number of carbonyl (C=O) groups is 1. The van der Waals surface area contributed by atoms with E-state index < -0.39 is 5.91 Å². The highest BCUT2D eigenvalue weighted by Gasteiger charge is 2.12. The van der Waals surface area contributed by atoms with Crippen LogP contribution >= 0.6 is 0 Å². The van der Waals surface area contributed by atoms with Crippen molar-refractivity contribution in [2.45, 2.75) is 19.4 Å². The summed E-state index contributed by atoms with van der Waals surface area (Å²) in [5.74, 6) is -0.221. The van der Waals surface area contributed by atoms with Crippen LogP contribution in [0.25, 0.3) is 0 Å². The Morgan fingerprint density at radius 2 is 2.42 bits per heavy atom. The number of nitrogens with two attached hydrogens (primary N) is 2. The fraction of sp³-hybridized carbons (Fsp3) is 0.600. The van der Waals surface area contributed by atoms with Gasteiger partial charge >= 0.3 is 0 Å². The summed E-state index contributed by atoms with van der Waals surface area (Å²) < 4.78 is 1.35. The van der Waals surface area contributed by atoms with Crippen molar-refractivity contribution in [1.82, 2.24) is 20.2 Å². The van der Waals surface area contributed by atoms with Gasteiger partial charge in [-0.25, -0.2) is 4.68 Å². The molecule has 0 radical (unpaired) electrons. The molecule has 1 heterocycles. The zero-order chi connectivity index (χ0) is 9.14. The SMILES string of the molecule is CC(CC(N)=O)n1nnnc1N. The number of nitrogen functional groups attached to an aromatic ring is 1. The van der Waals surface area contributed by atoms with Crippen molar-refractivity contribution in [2.75, 3.05) is 5.73 Å². The largest absolute Gasteiger partial charge is 0.370 e. The number of carbonyl (C=O) groups excluding carboxylic acids is 1. The molecule has 1 unspecified atom stereocenters. The number of tetrazole rings is 1. The van der Waals surface area contributed by atoms with Crippen LogP contribution < -0.4 is 11.5 Å². The molecule has 0 aliphatic carbocycles. The monoisotopic (exact) mass is 170 g/mol. The average Bonchev–Trinajstić information content (AvgIpc) is 2.33. The molecule has 7 nitrogen and oxygen atoms in total. The Morgan fingerprint density at radius 3 is 2.83 bits per heavy atom. The number of nitrogens with zero attached hydrogens (tertiary/aromatic N) is 4. The van der Waals surface area contributed by atoms with Crippen molar-refractivity contribution in [3.63, 3.8) is 0 Å². The van der Waals surface area contributed by atoms with Gasteiger partial charge in [0.25, 0.3) is 0 Å². The van der Waals surface area contributed by atoms with E-state index in [9.17, 15) is 4.79 Å². The Kier molecular flexibility index (Phi) is 2.22. The molecule has 0 fully saturated rings. The predicted octanol–water partition coefficient (Wildman–Crippen LogP) is -1.31. The van der Waals surface area contributed by atoms with Crippen molar-refractivity contribution in [1.29, 1.82) is 0 Å². The second-order valence-corrected chi connectivity index (χ2v) is 2.50. The lowest BCUT2D eigenvalue weighted by Crippen LogP contribution is -2.19. The molecular formula is C5H10N6O. The van der Waals surface area contributed by atoms with Crippen molar-refractivity contribution < 1.29 is 4.79 Å². The number of hydrogen-bond donors (Lipinski definition) is 2. The van der Waals surface area contributed by atoms with E-state index >= 15 is 0 Å². The van der Waals surface area contributed by atoms with Gasteiger partial charge < -0.3 is 11.5 Å². The highest BCUT2D eigenvalue weighted by molar-refractivity contribution is 5.74. The molecule has 12 heavy (non-hydrogen) atoms. The third-order valence-corrected chi connectivity index (χ3v) is 1.43. The maximum absolute atomic E-state index is 10.5. The lowest BCUT2D eigenvalue weighted by atomic mass is 10.2. The molecule has 1 amide bonds. The highest BCUT2D eigenvalue weighted by atomic mass is 16.1. The molecule has 1 aromatic rings. The topological polar surface area (TPSA) is 113 Å².